The zero-order valence-corrected chi connectivity index (χ0v) is 14.4. The van der Waals surface area contributed by atoms with Crippen molar-refractivity contribution in [3.8, 4) is 0 Å². The Balaban J connectivity index is 1.70. The van der Waals surface area contributed by atoms with E-state index in [9.17, 15) is 4.79 Å². The molecule has 1 saturated carbocycles. The molecule has 0 spiro atoms. The number of benzene rings is 1. The molecule has 1 aromatic rings. The molecule has 1 aromatic carbocycles. The van der Waals surface area contributed by atoms with Gasteiger partial charge in [-0.05, 0) is 42.7 Å². The number of carbonyl (C=O) groups excluding carboxylic acids is 1. The molecular formula is C19H27NOS. The Morgan fingerprint density at radius 2 is 2.09 bits per heavy atom. The highest BCUT2D eigenvalue weighted by Crippen LogP contribution is 2.34. The highest BCUT2D eigenvalue weighted by molar-refractivity contribution is 7.99. The van der Waals surface area contributed by atoms with Crippen LogP contribution in [0, 0.1) is 5.92 Å². The number of thioether (sulfide) groups is 1. The van der Waals surface area contributed by atoms with E-state index in [1.807, 2.05) is 6.07 Å². The lowest BCUT2D eigenvalue weighted by molar-refractivity contribution is 0.112. The smallest absolute Gasteiger partial charge is 0.150 e. The third kappa shape index (κ3) is 3.57. The van der Waals surface area contributed by atoms with Crippen LogP contribution in [0.3, 0.4) is 0 Å². The summed E-state index contributed by atoms with van der Waals surface area (Å²) in [6.45, 7) is 4.68. The van der Waals surface area contributed by atoms with E-state index in [0.717, 1.165) is 30.2 Å². The van der Waals surface area contributed by atoms with E-state index in [4.69, 9.17) is 0 Å². The molecule has 3 rings (SSSR count). The SMILES string of the molecule is CCc1cc(CC2CCCC2N2CCSCC2)ccc1C=O. The molecule has 3 heteroatoms. The Morgan fingerprint density at radius 1 is 1.27 bits per heavy atom. The largest absolute Gasteiger partial charge is 0.298 e. The fourth-order valence-electron chi connectivity index (χ4n) is 4.16. The minimum Gasteiger partial charge on any atom is -0.298 e. The predicted molar refractivity (Wildman–Crippen MR) is 94.9 cm³/mol. The van der Waals surface area contributed by atoms with Crippen LogP contribution in [0.2, 0.25) is 0 Å². The van der Waals surface area contributed by atoms with Crippen LogP contribution in [-0.4, -0.2) is 41.8 Å². The number of aryl methyl sites for hydroxylation is 1. The fourth-order valence-corrected chi connectivity index (χ4v) is 5.09. The van der Waals surface area contributed by atoms with Crippen molar-refractivity contribution < 1.29 is 4.79 Å². The van der Waals surface area contributed by atoms with Gasteiger partial charge in [0.2, 0.25) is 0 Å². The van der Waals surface area contributed by atoms with Gasteiger partial charge < -0.3 is 0 Å². The highest BCUT2D eigenvalue weighted by Gasteiger charge is 2.32. The van der Waals surface area contributed by atoms with Gasteiger partial charge in [0, 0.05) is 36.2 Å². The summed E-state index contributed by atoms with van der Waals surface area (Å²) in [5.41, 5.74) is 3.49. The van der Waals surface area contributed by atoms with Crippen molar-refractivity contribution in [2.45, 2.75) is 45.1 Å². The third-order valence-corrected chi connectivity index (χ3v) is 6.29. The second kappa shape index (κ2) is 7.65. The summed E-state index contributed by atoms with van der Waals surface area (Å²) in [6, 6.07) is 7.25. The molecule has 2 fully saturated rings. The molecule has 120 valence electrons. The van der Waals surface area contributed by atoms with Crippen molar-refractivity contribution in [3.05, 3.63) is 34.9 Å². The Hall–Kier alpha value is -0.800. The van der Waals surface area contributed by atoms with E-state index >= 15 is 0 Å². The Morgan fingerprint density at radius 3 is 2.82 bits per heavy atom. The van der Waals surface area contributed by atoms with Gasteiger partial charge in [-0.15, -0.1) is 0 Å². The first-order chi connectivity index (χ1) is 10.8. The molecule has 1 aliphatic carbocycles. The van der Waals surface area contributed by atoms with Gasteiger partial charge in [0.25, 0.3) is 0 Å². The molecule has 0 bridgehead atoms. The fraction of sp³-hybridized carbons (Fsp3) is 0.632. The van der Waals surface area contributed by atoms with Crippen LogP contribution < -0.4 is 0 Å². The molecule has 0 radical (unpaired) electrons. The molecule has 0 aromatic heterocycles. The van der Waals surface area contributed by atoms with E-state index in [-0.39, 0.29) is 0 Å². The van der Waals surface area contributed by atoms with Gasteiger partial charge in [-0.2, -0.15) is 11.8 Å². The van der Waals surface area contributed by atoms with Gasteiger partial charge >= 0.3 is 0 Å². The topological polar surface area (TPSA) is 20.3 Å². The van der Waals surface area contributed by atoms with Crippen molar-refractivity contribution in [3.63, 3.8) is 0 Å². The average Bonchev–Trinajstić information content (AvgIpc) is 3.03. The van der Waals surface area contributed by atoms with Crippen molar-refractivity contribution in [2.24, 2.45) is 5.92 Å². The lowest BCUT2D eigenvalue weighted by Gasteiger charge is -2.35. The first kappa shape index (κ1) is 16.1. The Labute approximate surface area is 138 Å². The van der Waals surface area contributed by atoms with Crippen LogP contribution in [0.25, 0.3) is 0 Å². The lowest BCUT2D eigenvalue weighted by Crippen LogP contribution is -2.43. The van der Waals surface area contributed by atoms with Crippen LogP contribution in [-0.2, 0) is 12.8 Å². The summed E-state index contributed by atoms with van der Waals surface area (Å²) in [6.07, 6.45) is 7.24. The second-order valence-corrected chi connectivity index (χ2v) is 7.84. The second-order valence-electron chi connectivity index (χ2n) is 6.62. The van der Waals surface area contributed by atoms with Crippen molar-refractivity contribution in [2.75, 3.05) is 24.6 Å². The van der Waals surface area contributed by atoms with Crippen LogP contribution in [0.1, 0.15) is 47.7 Å². The first-order valence-electron chi connectivity index (χ1n) is 8.70. The lowest BCUT2D eigenvalue weighted by atomic mass is 9.91. The molecule has 2 atom stereocenters. The predicted octanol–water partition coefficient (Wildman–Crippen LogP) is 3.82. The number of hydrogen-bond donors (Lipinski definition) is 0. The first-order valence-corrected chi connectivity index (χ1v) is 9.86. The number of aldehydes is 1. The van der Waals surface area contributed by atoms with Crippen LogP contribution in [0.4, 0.5) is 0 Å². The van der Waals surface area contributed by atoms with Gasteiger partial charge in [-0.3, -0.25) is 9.69 Å². The van der Waals surface area contributed by atoms with Crippen molar-refractivity contribution in [1.82, 2.24) is 4.90 Å². The summed E-state index contributed by atoms with van der Waals surface area (Å²) in [4.78, 5) is 13.8. The molecule has 22 heavy (non-hydrogen) atoms. The summed E-state index contributed by atoms with van der Waals surface area (Å²) in [5.74, 6) is 3.41. The number of nitrogens with zero attached hydrogens (tertiary/aromatic N) is 1. The monoisotopic (exact) mass is 317 g/mol. The zero-order chi connectivity index (χ0) is 15.4. The van der Waals surface area contributed by atoms with Gasteiger partial charge in [0.05, 0.1) is 0 Å². The molecule has 2 aliphatic rings. The maximum Gasteiger partial charge on any atom is 0.150 e. The van der Waals surface area contributed by atoms with Gasteiger partial charge in [0.1, 0.15) is 6.29 Å². The third-order valence-electron chi connectivity index (χ3n) is 5.35. The summed E-state index contributed by atoms with van der Waals surface area (Å²) >= 11 is 2.10. The van der Waals surface area contributed by atoms with E-state index in [0.29, 0.717) is 0 Å². The van der Waals surface area contributed by atoms with Gasteiger partial charge in [-0.1, -0.05) is 31.5 Å². The molecule has 0 amide bonds. The van der Waals surface area contributed by atoms with Crippen LogP contribution in [0.5, 0.6) is 0 Å². The highest BCUT2D eigenvalue weighted by atomic mass is 32.2. The van der Waals surface area contributed by atoms with Crippen LogP contribution in [0.15, 0.2) is 18.2 Å². The number of rotatable bonds is 5. The average molecular weight is 317 g/mol. The van der Waals surface area contributed by atoms with E-state index in [1.54, 1.807) is 0 Å². The number of carbonyl (C=O) groups is 1. The molecule has 2 unspecified atom stereocenters. The minimum atomic E-state index is 0.789. The van der Waals surface area contributed by atoms with Crippen molar-refractivity contribution >= 4 is 18.0 Å². The normalized spacial score (nSPS) is 26.2. The summed E-state index contributed by atoms with van der Waals surface area (Å²) in [7, 11) is 0. The molecular weight excluding hydrogens is 290 g/mol. The van der Waals surface area contributed by atoms with Gasteiger partial charge in [-0.25, -0.2) is 0 Å². The Bertz CT molecular complexity index is 510. The van der Waals surface area contributed by atoms with Crippen molar-refractivity contribution in [1.29, 1.82) is 0 Å². The quantitative estimate of drug-likeness (QED) is 0.770. The molecule has 1 heterocycles. The minimum absolute atomic E-state index is 0.789. The van der Waals surface area contributed by atoms with Gasteiger partial charge in [0.15, 0.2) is 0 Å². The number of hydrogen-bond acceptors (Lipinski definition) is 3. The molecule has 2 nitrogen and oxygen atoms in total. The molecule has 1 saturated heterocycles. The Kier molecular flexibility index (Phi) is 5.59. The molecule has 1 aliphatic heterocycles. The maximum absolute atomic E-state index is 11.1. The van der Waals surface area contributed by atoms with E-state index < -0.39 is 0 Å². The standard InChI is InChI=1S/C19H27NOS/c1-2-16-12-15(6-7-18(16)14-21)13-17-4-3-5-19(17)20-8-10-22-11-9-20/h6-7,12,14,17,19H,2-5,8-11,13H2,1H3. The maximum atomic E-state index is 11.1. The van der Waals surface area contributed by atoms with E-state index in [1.165, 1.54) is 61.4 Å². The van der Waals surface area contributed by atoms with E-state index in [2.05, 4.69) is 35.7 Å². The molecule has 0 N–H and O–H groups in total. The van der Waals surface area contributed by atoms with Crippen LogP contribution >= 0.6 is 11.8 Å². The summed E-state index contributed by atoms with van der Waals surface area (Å²) < 4.78 is 0. The zero-order valence-electron chi connectivity index (χ0n) is 13.6. The summed E-state index contributed by atoms with van der Waals surface area (Å²) in [5, 5.41) is 0.